The summed E-state index contributed by atoms with van der Waals surface area (Å²) in [4.78, 5) is 28.9. The molecule has 1 unspecified atom stereocenters. The first-order valence-electron chi connectivity index (χ1n) is 7.39. The number of fused-ring (bicyclic) bond motifs is 1. The van der Waals surface area contributed by atoms with Gasteiger partial charge in [0.1, 0.15) is 0 Å². The third kappa shape index (κ3) is 3.00. The zero-order valence-corrected chi connectivity index (χ0v) is 12.0. The van der Waals surface area contributed by atoms with E-state index >= 15 is 0 Å². The van der Waals surface area contributed by atoms with Crippen LogP contribution in [0.2, 0.25) is 0 Å². The van der Waals surface area contributed by atoms with E-state index in [9.17, 15) is 9.59 Å². The number of nitrogens with one attached hydrogen (secondary N) is 4. The smallest absolute Gasteiger partial charge is 0.323 e. The van der Waals surface area contributed by atoms with Crippen LogP contribution in [-0.2, 0) is 4.79 Å². The fourth-order valence-electron chi connectivity index (χ4n) is 2.79. The molecule has 0 radical (unpaired) electrons. The summed E-state index contributed by atoms with van der Waals surface area (Å²) in [5, 5.41) is 6.28. The van der Waals surface area contributed by atoms with Gasteiger partial charge in [0.05, 0.1) is 23.1 Å². The molecule has 4 N–H and O–H groups in total. The monoisotopic (exact) mass is 288 g/mol. The van der Waals surface area contributed by atoms with Crippen molar-refractivity contribution in [3.63, 3.8) is 0 Å². The van der Waals surface area contributed by atoms with Crippen molar-refractivity contribution >= 4 is 16.9 Å². The molecule has 2 heterocycles. The highest BCUT2D eigenvalue weighted by molar-refractivity contribution is 5.82. The second kappa shape index (κ2) is 5.73. The maximum atomic E-state index is 12.2. The topological polar surface area (TPSA) is 89.8 Å². The summed E-state index contributed by atoms with van der Waals surface area (Å²) >= 11 is 0. The van der Waals surface area contributed by atoms with E-state index in [1.807, 2.05) is 25.1 Å². The van der Waals surface area contributed by atoms with Crippen LogP contribution >= 0.6 is 0 Å². The molecule has 1 aromatic heterocycles. The zero-order valence-electron chi connectivity index (χ0n) is 12.0. The lowest BCUT2D eigenvalue weighted by molar-refractivity contribution is -0.124. The minimum absolute atomic E-state index is 0.0462. The van der Waals surface area contributed by atoms with Crippen molar-refractivity contribution in [1.29, 1.82) is 0 Å². The van der Waals surface area contributed by atoms with Gasteiger partial charge in [-0.3, -0.25) is 4.79 Å². The van der Waals surface area contributed by atoms with E-state index in [1.165, 1.54) is 0 Å². The van der Waals surface area contributed by atoms with Gasteiger partial charge in [0.2, 0.25) is 5.91 Å². The molecule has 1 amide bonds. The number of benzene rings is 1. The molecular formula is C15H20N4O2. The number of hydrogen-bond acceptors (Lipinski definition) is 3. The van der Waals surface area contributed by atoms with Crippen LogP contribution in [0.25, 0.3) is 11.0 Å². The molecule has 1 fully saturated rings. The highest BCUT2D eigenvalue weighted by Crippen LogP contribution is 2.17. The molecule has 1 saturated heterocycles. The SMILES string of the molecule is CC(NC(=O)[C@@H]1CCCCN1)c1ccc2[nH]c(=O)[nH]c2c1. The number of hydrogen-bond donors (Lipinski definition) is 4. The maximum absolute atomic E-state index is 12.2. The summed E-state index contributed by atoms with van der Waals surface area (Å²) in [7, 11) is 0. The Morgan fingerprint density at radius 1 is 1.29 bits per heavy atom. The summed E-state index contributed by atoms with van der Waals surface area (Å²) in [6.07, 6.45) is 3.12. The van der Waals surface area contributed by atoms with Crippen LogP contribution in [0.3, 0.4) is 0 Å². The second-order valence-corrected chi connectivity index (χ2v) is 5.62. The van der Waals surface area contributed by atoms with Gasteiger partial charge in [-0.05, 0) is 44.0 Å². The second-order valence-electron chi connectivity index (χ2n) is 5.62. The number of aromatic amines is 2. The molecule has 0 aliphatic carbocycles. The number of aromatic nitrogens is 2. The number of H-pyrrole nitrogens is 2. The van der Waals surface area contributed by atoms with Crippen molar-refractivity contribution in [2.24, 2.45) is 0 Å². The number of carbonyl (C=O) groups excluding carboxylic acids is 1. The Hall–Kier alpha value is -2.08. The molecule has 21 heavy (non-hydrogen) atoms. The highest BCUT2D eigenvalue weighted by Gasteiger charge is 2.22. The Labute approximate surface area is 122 Å². The third-order valence-corrected chi connectivity index (χ3v) is 4.03. The Kier molecular flexibility index (Phi) is 3.79. The average molecular weight is 288 g/mol. The molecule has 6 heteroatoms. The normalized spacial score (nSPS) is 20.3. The number of carbonyl (C=O) groups is 1. The molecule has 112 valence electrons. The van der Waals surface area contributed by atoms with Gasteiger partial charge >= 0.3 is 5.69 Å². The fraction of sp³-hybridized carbons (Fsp3) is 0.467. The van der Waals surface area contributed by atoms with Crippen molar-refractivity contribution in [2.75, 3.05) is 6.54 Å². The summed E-state index contributed by atoms with van der Waals surface area (Å²) < 4.78 is 0. The quantitative estimate of drug-likeness (QED) is 0.683. The first-order valence-corrected chi connectivity index (χ1v) is 7.39. The van der Waals surface area contributed by atoms with Crippen LogP contribution in [0.4, 0.5) is 0 Å². The highest BCUT2D eigenvalue weighted by atomic mass is 16.2. The van der Waals surface area contributed by atoms with E-state index in [1.54, 1.807) is 0 Å². The van der Waals surface area contributed by atoms with Crippen LogP contribution in [0, 0.1) is 0 Å². The van der Waals surface area contributed by atoms with Crippen LogP contribution in [0.1, 0.15) is 37.8 Å². The maximum Gasteiger partial charge on any atom is 0.323 e. The predicted molar refractivity (Wildman–Crippen MR) is 81.1 cm³/mol. The molecule has 1 aliphatic rings. The van der Waals surface area contributed by atoms with Gasteiger partial charge in [0.15, 0.2) is 0 Å². The Morgan fingerprint density at radius 2 is 2.10 bits per heavy atom. The molecular weight excluding hydrogens is 268 g/mol. The minimum Gasteiger partial charge on any atom is -0.348 e. The summed E-state index contributed by atoms with van der Waals surface area (Å²) in [6.45, 7) is 2.86. The molecule has 0 saturated carbocycles. The van der Waals surface area contributed by atoms with Crippen LogP contribution in [0.5, 0.6) is 0 Å². The number of piperidine rings is 1. The van der Waals surface area contributed by atoms with E-state index in [4.69, 9.17) is 0 Å². The lowest BCUT2D eigenvalue weighted by atomic mass is 10.0. The summed E-state index contributed by atoms with van der Waals surface area (Å²) in [5.41, 5.74) is 2.29. The zero-order chi connectivity index (χ0) is 14.8. The van der Waals surface area contributed by atoms with Gasteiger partial charge < -0.3 is 20.6 Å². The van der Waals surface area contributed by atoms with E-state index in [-0.39, 0.29) is 23.7 Å². The first kappa shape index (κ1) is 13.9. The molecule has 1 aromatic carbocycles. The molecule has 3 rings (SSSR count). The Bertz CT molecular complexity index is 697. The van der Waals surface area contributed by atoms with Gasteiger partial charge in [0.25, 0.3) is 0 Å². The van der Waals surface area contributed by atoms with E-state index < -0.39 is 0 Å². The number of amides is 1. The van der Waals surface area contributed by atoms with Crippen LogP contribution in [-0.4, -0.2) is 28.5 Å². The standard InChI is InChI=1S/C15H20N4O2/c1-9(17-14(20)12-4-2-3-7-16-12)10-5-6-11-13(8-10)19-15(21)18-11/h5-6,8-9,12,16H,2-4,7H2,1H3,(H,17,20)(H2,18,19,21)/t9?,12-/m0/s1. The van der Waals surface area contributed by atoms with E-state index in [0.717, 1.165) is 42.4 Å². The lowest BCUT2D eigenvalue weighted by Crippen LogP contribution is -2.47. The van der Waals surface area contributed by atoms with Crippen LogP contribution in [0.15, 0.2) is 23.0 Å². The molecule has 0 bridgehead atoms. The molecule has 1 aliphatic heterocycles. The van der Waals surface area contributed by atoms with E-state index in [2.05, 4.69) is 20.6 Å². The van der Waals surface area contributed by atoms with Crippen molar-refractivity contribution in [3.05, 3.63) is 34.2 Å². The molecule has 2 aromatic rings. The largest absolute Gasteiger partial charge is 0.348 e. The average Bonchev–Trinajstić information content (AvgIpc) is 2.87. The van der Waals surface area contributed by atoms with E-state index in [0.29, 0.717) is 0 Å². The van der Waals surface area contributed by atoms with Gasteiger partial charge in [-0.25, -0.2) is 4.79 Å². The fourth-order valence-corrected chi connectivity index (χ4v) is 2.79. The van der Waals surface area contributed by atoms with Gasteiger partial charge in [0, 0.05) is 0 Å². The molecule has 6 nitrogen and oxygen atoms in total. The Balaban J connectivity index is 1.72. The van der Waals surface area contributed by atoms with Gasteiger partial charge in [-0.2, -0.15) is 0 Å². The third-order valence-electron chi connectivity index (χ3n) is 4.03. The van der Waals surface area contributed by atoms with Crippen LogP contribution < -0.4 is 16.3 Å². The molecule has 2 atom stereocenters. The van der Waals surface area contributed by atoms with Crippen molar-refractivity contribution in [2.45, 2.75) is 38.3 Å². The van der Waals surface area contributed by atoms with Crippen molar-refractivity contribution in [1.82, 2.24) is 20.6 Å². The first-order chi connectivity index (χ1) is 10.1. The predicted octanol–water partition coefficient (Wildman–Crippen LogP) is 1.18. The summed E-state index contributed by atoms with van der Waals surface area (Å²) in [5.74, 6) is 0.0462. The van der Waals surface area contributed by atoms with Gasteiger partial charge in [-0.1, -0.05) is 12.5 Å². The number of imidazole rings is 1. The number of rotatable bonds is 3. The Morgan fingerprint density at radius 3 is 2.86 bits per heavy atom. The van der Waals surface area contributed by atoms with Crippen molar-refractivity contribution < 1.29 is 4.79 Å². The van der Waals surface area contributed by atoms with Crippen molar-refractivity contribution in [3.8, 4) is 0 Å². The summed E-state index contributed by atoms with van der Waals surface area (Å²) in [6, 6.07) is 5.49. The molecule has 0 spiro atoms. The van der Waals surface area contributed by atoms with Gasteiger partial charge in [-0.15, -0.1) is 0 Å². The minimum atomic E-state index is -0.217. The lowest BCUT2D eigenvalue weighted by Gasteiger charge is -2.24.